The summed E-state index contributed by atoms with van der Waals surface area (Å²) in [6.45, 7) is -2.84. The average Bonchev–Trinajstić information content (AvgIpc) is 3.74. The van der Waals surface area contributed by atoms with Crippen molar-refractivity contribution in [1.82, 2.24) is 0 Å². The quantitative estimate of drug-likeness (QED) is 0.137. The number of hydrogen-bond acceptors (Lipinski definition) is 9. The van der Waals surface area contributed by atoms with Gasteiger partial charge in [-0.25, -0.2) is 13.4 Å². The van der Waals surface area contributed by atoms with Crippen molar-refractivity contribution in [3.63, 3.8) is 0 Å². The Hall–Kier alpha value is -3.59. The van der Waals surface area contributed by atoms with Gasteiger partial charge in [-0.15, -0.1) is 0 Å². The summed E-state index contributed by atoms with van der Waals surface area (Å²) in [5.74, 6) is -2.16. The second-order valence-electron chi connectivity index (χ2n) is 9.16. The maximum absolute atomic E-state index is 13.0. The molecular weight excluding hydrogens is 625 g/mol. The molecule has 4 rings (SSSR count). The third-order valence-corrected chi connectivity index (χ3v) is 8.38. The number of nitrogens with one attached hydrogen (secondary N) is 1. The monoisotopic (exact) mass is 648 g/mol. The number of benzene rings is 2. The van der Waals surface area contributed by atoms with Gasteiger partial charge in [-0.05, 0) is 48.6 Å². The van der Waals surface area contributed by atoms with Gasteiger partial charge in [-0.1, -0.05) is 29.3 Å². The standard InChI is InChI=1S/C26H22Cl2F2N2O8S.H2O/c27-20-11-31-12-21(28)19(20)10-23(16-3-8-22(40-26(29)30)24(9-16)38-13-15-1-2-15)39-25(33)14-41(36,37)18-6-4-17(5-7-18)32(34)35;/h3-9,11-12,15,23,26H,1-2,10,13-14H2;1H2/t23-;/m0./s1. The first-order chi connectivity index (χ1) is 19.4. The van der Waals surface area contributed by atoms with Crippen molar-refractivity contribution in [2.45, 2.75) is 36.9 Å². The Labute approximate surface area is 248 Å². The van der Waals surface area contributed by atoms with E-state index in [0.29, 0.717) is 5.56 Å². The zero-order chi connectivity index (χ0) is 29.7. The molecule has 1 aliphatic carbocycles. The maximum Gasteiger partial charge on any atom is 0.387 e. The number of aromatic nitrogens is 1. The molecule has 1 atom stereocenters. The van der Waals surface area contributed by atoms with Crippen LogP contribution in [0.3, 0.4) is 0 Å². The minimum Gasteiger partial charge on any atom is -0.870 e. The van der Waals surface area contributed by atoms with Gasteiger partial charge in [0.25, 0.3) is 5.69 Å². The molecule has 11 nitrogen and oxygen atoms in total. The lowest BCUT2D eigenvalue weighted by Gasteiger charge is -2.21. The van der Waals surface area contributed by atoms with Crippen LogP contribution in [0.4, 0.5) is 14.5 Å². The number of carbonyl (C=O) groups excluding carboxylic acids is 1. The number of halogens is 4. The highest BCUT2D eigenvalue weighted by atomic mass is 35.5. The largest absolute Gasteiger partial charge is 0.870 e. The van der Waals surface area contributed by atoms with Crippen molar-refractivity contribution < 1.29 is 51.6 Å². The number of nitro groups is 1. The van der Waals surface area contributed by atoms with Crippen LogP contribution < -0.4 is 14.5 Å². The van der Waals surface area contributed by atoms with Crippen LogP contribution in [0.5, 0.6) is 11.5 Å². The lowest BCUT2D eigenvalue weighted by Crippen LogP contribution is -2.22. The fourth-order valence-electron chi connectivity index (χ4n) is 3.81. The van der Waals surface area contributed by atoms with Gasteiger partial charge in [0.1, 0.15) is 16.1 Å². The second kappa shape index (κ2) is 14.1. The molecule has 0 saturated heterocycles. The molecule has 0 spiro atoms. The summed E-state index contributed by atoms with van der Waals surface area (Å²) in [5, 5.41) is 11.3. The highest BCUT2D eigenvalue weighted by molar-refractivity contribution is 7.92. The zero-order valence-corrected chi connectivity index (χ0v) is 23.9. The van der Waals surface area contributed by atoms with Crippen LogP contribution in [0.15, 0.2) is 59.8 Å². The molecule has 0 aliphatic heterocycles. The van der Waals surface area contributed by atoms with Gasteiger partial charge in [-0.3, -0.25) is 14.9 Å². The van der Waals surface area contributed by atoms with E-state index in [-0.39, 0.29) is 62.1 Å². The number of carbonyl (C=O) groups is 1. The first-order valence-electron chi connectivity index (χ1n) is 12.1. The zero-order valence-electron chi connectivity index (χ0n) is 21.5. The fourth-order valence-corrected chi connectivity index (χ4v) is 5.44. The summed E-state index contributed by atoms with van der Waals surface area (Å²) < 4.78 is 67.6. The number of non-ortho nitro benzene ring substituents is 1. The van der Waals surface area contributed by atoms with Crippen LogP contribution in [0.1, 0.15) is 30.1 Å². The van der Waals surface area contributed by atoms with E-state index in [1.807, 2.05) is 0 Å². The SMILES string of the molecule is O=C(CS(=O)(=O)c1ccc([N+](=O)[O-])cc1)O[C@@H](Cc1c(Cl)c[nH+]cc1Cl)c1ccc(OC(F)F)c(OCC2CC2)c1.[OH-]. The number of alkyl halides is 2. The Morgan fingerprint density at radius 2 is 1.71 bits per heavy atom. The van der Waals surface area contributed by atoms with E-state index in [4.69, 9.17) is 32.7 Å². The number of ether oxygens (including phenoxy) is 3. The Morgan fingerprint density at radius 1 is 1.07 bits per heavy atom. The summed E-state index contributed by atoms with van der Waals surface area (Å²) >= 11 is 12.6. The van der Waals surface area contributed by atoms with Crippen molar-refractivity contribution >= 4 is 44.7 Å². The number of pyridine rings is 1. The molecule has 0 radical (unpaired) electrons. The lowest BCUT2D eigenvalue weighted by molar-refractivity contribution is -0.384. The average molecular weight is 649 g/mol. The van der Waals surface area contributed by atoms with Crippen LogP contribution in [-0.2, 0) is 25.8 Å². The van der Waals surface area contributed by atoms with Crippen LogP contribution in [0.2, 0.25) is 10.0 Å². The maximum atomic E-state index is 13.0. The van der Waals surface area contributed by atoms with Crippen molar-refractivity contribution in [2.75, 3.05) is 12.4 Å². The summed E-state index contributed by atoms with van der Waals surface area (Å²) in [4.78, 5) is 25.6. The normalized spacial score (nSPS) is 13.6. The smallest absolute Gasteiger partial charge is 0.387 e. The second-order valence-corrected chi connectivity index (χ2v) is 12.0. The topological polar surface area (TPSA) is 166 Å². The summed E-state index contributed by atoms with van der Waals surface area (Å²) in [6, 6.07) is 8.03. The predicted octanol–water partition coefficient (Wildman–Crippen LogP) is 5.23. The first-order valence-corrected chi connectivity index (χ1v) is 14.6. The number of esters is 1. The van der Waals surface area contributed by atoms with Crippen LogP contribution in [-0.4, -0.2) is 43.8 Å². The molecule has 2 N–H and O–H groups in total. The van der Waals surface area contributed by atoms with Gasteiger partial charge in [-0.2, -0.15) is 8.78 Å². The van der Waals surface area contributed by atoms with E-state index in [1.165, 1.54) is 30.6 Å². The highest BCUT2D eigenvalue weighted by Gasteiger charge is 2.28. The van der Waals surface area contributed by atoms with Crippen LogP contribution in [0.25, 0.3) is 0 Å². The van der Waals surface area contributed by atoms with Crippen molar-refractivity contribution in [3.8, 4) is 11.5 Å². The minimum absolute atomic E-state index is 0. The number of aromatic amines is 1. The number of nitrogens with zero attached hydrogens (tertiary/aromatic N) is 1. The van der Waals surface area contributed by atoms with E-state index in [1.54, 1.807) is 0 Å². The number of H-pyrrole nitrogens is 1. The molecule has 1 fully saturated rings. The molecule has 1 aliphatic rings. The van der Waals surface area contributed by atoms with E-state index in [0.717, 1.165) is 37.1 Å². The predicted molar refractivity (Wildman–Crippen MR) is 144 cm³/mol. The van der Waals surface area contributed by atoms with E-state index in [9.17, 15) is 32.1 Å². The highest BCUT2D eigenvalue weighted by Crippen LogP contribution is 2.38. The van der Waals surface area contributed by atoms with Gasteiger partial charge >= 0.3 is 12.6 Å². The van der Waals surface area contributed by atoms with E-state index < -0.39 is 39.2 Å². The lowest BCUT2D eigenvalue weighted by atomic mass is 10.0. The van der Waals surface area contributed by atoms with E-state index >= 15 is 0 Å². The van der Waals surface area contributed by atoms with Gasteiger partial charge in [0.05, 0.1) is 16.4 Å². The molecule has 1 aromatic heterocycles. The van der Waals surface area contributed by atoms with Crippen molar-refractivity contribution in [3.05, 3.63) is 86.1 Å². The molecule has 1 saturated carbocycles. The number of hydrogen-bond donors (Lipinski definition) is 0. The van der Waals surface area contributed by atoms with Gasteiger partial charge in [0.15, 0.2) is 39.5 Å². The molecule has 1 heterocycles. The molecule has 3 aromatic rings. The summed E-state index contributed by atoms with van der Waals surface area (Å²) in [7, 11) is -4.24. The van der Waals surface area contributed by atoms with Gasteiger partial charge in [0.2, 0.25) is 0 Å². The molecule has 42 heavy (non-hydrogen) atoms. The van der Waals surface area contributed by atoms with Crippen LogP contribution in [0, 0.1) is 16.0 Å². The van der Waals surface area contributed by atoms with Gasteiger partial charge in [0, 0.05) is 24.1 Å². The first kappa shape index (κ1) is 32.9. The third-order valence-electron chi connectivity index (χ3n) is 6.10. The molecule has 2 aromatic carbocycles. The van der Waals surface area contributed by atoms with Gasteiger partial charge < -0.3 is 19.7 Å². The van der Waals surface area contributed by atoms with Crippen molar-refractivity contribution in [2.24, 2.45) is 5.92 Å². The summed E-state index contributed by atoms with van der Waals surface area (Å²) in [5.41, 5.74) is 0.328. The Kier molecular flexibility index (Phi) is 11.0. The third kappa shape index (κ3) is 8.71. The van der Waals surface area contributed by atoms with Crippen molar-refractivity contribution in [1.29, 1.82) is 0 Å². The minimum atomic E-state index is -4.24. The molecule has 226 valence electrons. The molecule has 0 unspecified atom stereocenters. The Bertz CT molecular complexity index is 1520. The molecule has 0 bridgehead atoms. The number of rotatable bonds is 13. The number of sulfone groups is 1. The van der Waals surface area contributed by atoms with E-state index in [2.05, 4.69) is 9.72 Å². The molecule has 0 amide bonds. The Morgan fingerprint density at radius 3 is 2.29 bits per heavy atom. The molecular formula is C26H24Cl2F2N2O9S. The molecule has 16 heteroatoms. The fraction of sp³-hybridized carbons (Fsp3) is 0.308. The summed E-state index contributed by atoms with van der Waals surface area (Å²) in [6.07, 6.45) is 3.50. The van der Waals surface area contributed by atoms with Crippen LogP contribution >= 0.6 is 23.2 Å². The number of nitro benzene ring substituents is 1. The Balaban J connectivity index is 0.00000484.